The first kappa shape index (κ1) is 14.0. The van der Waals surface area contributed by atoms with Crippen LogP contribution in [0, 0.1) is 12.7 Å². The summed E-state index contributed by atoms with van der Waals surface area (Å²) in [5.74, 6) is -0.619. The molecule has 0 atom stereocenters. The van der Waals surface area contributed by atoms with Crippen LogP contribution in [0.3, 0.4) is 0 Å². The van der Waals surface area contributed by atoms with E-state index in [0.29, 0.717) is 28.7 Å². The van der Waals surface area contributed by atoms with E-state index in [2.05, 4.69) is 4.98 Å². The lowest BCUT2D eigenvalue weighted by atomic mass is 9.98. The average Bonchev–Trinajstić information content (AvgIpc) is 2.75. The van der Waals surface area contributed by atoms with Crippen LogP contribution < -0.4 is 4.74 Å². The highest BCUT2D eigenvalue weighted by Crippen LogP contribution is 2.32. The Labute approximate surface area is 115 Å². The minimum Gasteiger partial charge on any atom is -0.494 e. The number of hydrogen-bond acceptors (Lipinski definition) is 3. The molecule has 2 rings (SSSR count). The summed E-state index contributed by atoms with van der Waals surface area (Å²) in [6, 6.07) is 4.33. The van der Waals surface area contributed by atoms with Crippen LogP contribution >= 0.6 is 0 Å². The van der Waals surface area contributed by atoms with Crippen LogP contribution in [0.15, 0.2) is 18.2 Å². The Kier molecular flexibility index (Phi) is 3.70. The van der Waals surface area contributed by atoms with E-state index < -0.39 is 5.82 Å². The molecule has 0 saturated carbocycles. The van der Waals surface area contributed by atoms with Crippen molar-refractivity contribution >= 4 is 12.1 Å². The summed E-state index contributed by atoms with van der Waals surface area (Å²) < 4.78 is 18.7. The van der Waals surface area contributed by atoms with Crippen LogP contribution in [-0.4, -0.2) is 24.2 Å². The summed E-state index contributed by atoms with van der Waals surface area (Å²) >= 11 is 0. The number of ketones is 1. The van der Waals surface area contributed by atoms with Gasteiger partial charge >= 0.3 is 0 Å². The number of halogens is 1. The number of benzene rings is 1. The van der Waals surface area contributed by atoms with Gasteiger partial charge in [-0.1, -0.05) is 6.07 Å². The van der Waals surface area contributed by atoms with Crippen molar-refractivity contribution in [3.05, 3.63) is 41.0 Å². The van der Waals surface area contributed by atoms with E-state index in [4.69, 9.17) is 4.74 Å². The van der Waals surface area contributed by atoms with Gasteiger partial charge in [-0.3, -0.25) is 9.59 Å². The van der Waals surface area contributed by atoms with Crippen molar-refractivity contribution in [2.24, 2.45) is 0 Å². The fraction of sp³-hybridized carbons (Fsp3) is 0.200. The van der Waals surface area contributed by atoms with Crippen LogP contribution in [-0.2, 0) is 0 Å². The fourth-order valence-corrected chi connectivity index (χ4v) is 2.30. The molecule has 1 heterocycles. The Bertz CT molecular complexity index is 689. The predicted molar refractivity (Wildman–Crippen MR) is 72.9 cm³/mol. The molecule has 0 radical (unpaired) electrons. The Morgan fingerprint density at radius 2 is 2.10 bits per heavy atom. The van der Waals surface area contributed by atoms with Crippen molar-refractivity contribution in [1.29, 1.82) is 0 Å². The highest BCUT2D eigenvalue weighted by Gasteiger charge is 2.20. The molecule has 0 bridgehead atoms. The molecule has 0 spiro atoms. The number of Topliss-reactive ketones (excluding diaryl/α,β-unsaturated/α-hetero) is 1. The van der Waals surface area contributed by atoms with Crippen LogP contribution in [0.25, 0.3) is 11.1 Å². The number of aromatic nitrogens is 1. The second-order valence-corrected chi connectivity index (χ2v) is 4.44. The summed E-state index contributed by atoms with van der Waals surface area (Å²) in [7, 11) is 1.37. The molecule has 1 aromatic carbocycles. The third kappa shape index (κ3) is 2.22. The van der Waals surface area contributed by atoms with E-state index in [1.54, 1.807) is 13.0 Å². The Morgan fingerprint density at radius 1 is 1.40 bits per heavy atom. The van der Waals surface area contributed by atoms with Crippen molar-refractivity contribution in [3.8, 4) is 16.9 Å². The summed E-state index contributed by atoms with van der Waals surface area (Å²) in [5, 5.41) is 0. The summed E-state index contributed by atoms with van der Waals surface area (Å²) in [4.78, 5) is 25.7. The van der Waals surface area contributed by atoms with E-state index in [9.17, 15) is 14.0 Å². The molecule has 0 amide bonds. The number of aromatic amines is 1. The standard InChI is InChI=1S/C15H14FNO3/c1-8-14(9(2)19)15(12(7-18)17-8)10-4-5-13(20-3)11(16)6-10/h4-7,17H,1-3H3. The van der Waals surface area contributed by atoms with Crippen LogP contribution in [0.2, 0.25) is 0 Å². The Morgan fingerprint density at radius 3 is 2.60 bits per heavy atom. The largest absolute Gasteiger partial charge is 0.494 e. The molecular formula is C15H14FNO3. The van der Waals surface area contributed by atoms with E-state index in [0.717, 1.165) is 0 Å². The summed E-state index contributed by atoms with van der Waals surface area (Å²) in [6.07, 6.45) is 0.622. The number of rotatable bonds is 4. The van der Waals surface area contributed by atoms with Gasteiger partial charge in [-0.25, -0.2) is 4.39 Å². The Balaban J connectivity index is 2.71. The maximum absolute atomic E-state index is 13.8. The number of methoxy groups -OCH3 is 1. The number of nitrogens with one attached hydrogen (secondary N) is 1. The number of carbonyl (C=O) groups is 2. The summed E-state index contributed by atoms with van der Waals surface area (Å²) in [6.45, 7) is 3.11. The molecule has 1 aromatic heterocycles. The lowest BCUT2D eigenvalue weighted by Gasteiger charge is -2.07. The molecule has 0 aliphatic rings. The molecule has 2 aromatic rings. The number of aldehydes is 1. The molecule has 104 valence electrons. The molecule has 4 nitrogen and oxygen atoms in total. The smallest absolute Gasteiger partial charge is 0.166 e. The fourth-order valence-electron chi connectivity index (χ4n) is 2.30. The molecule has 1 N–H and O–H groups in total. The van der Waals surface area contributed by atoms with Gasteiger partial charge in [0.15, 0.2) is 23.6 Å². The molecule has 0 aliphatic carbocycles. The molecule has 0 fully saturated rings. The zero-order valence-corrected chi connectivity index (χ0v) is 11.4. The topological polar surface area (TPSA) is 59.2 Å². The number of aryl methyl sites for hydroxylation is 1. The van der Waals surface area contributed by atoms with Gasteiger partial charge in [0.05, 0.1) is 12.8 Å². The van der Waals surface area contributed by atoms with Crippen LogP contribution in [0.5, 0.6) is 5.75 Å². The van der Waals surface area contributed by atoms with Crippen molar-refractivity contribution in [1.82, 2.24) is 4.98 Å². The monoisotopic (exact) mass is 275 g/mol. The summed E-state index contributed by atoms with van der Waals surface area (Å²) in [5.41, 5.74) is 2.13. The number of H-pyrrole nitrogens is 1. The maximum atomic E-state index is 13.8. The normalized spacial score (nSPS) is 10.4. The zero-order valence-electron chi connectivity index (χ0n) is 11.4. The second kappa shape index (κ2) is 5.28. The van der Waals surface area contributed by atoms with Crippen molar-refractivity contribution in [3.63, 3.8) is 0 Å². The van der Waals surface area contributed by atoms with Gasteiger partial charge in [-0.05, 0) is 31.5 Å². The van der Waals surface area contributed by atoms with Crippen LogP contribution in [0.1, 0.15) is 33.5 Å². The van der Waals surface area contributed by atoms with Crippen molar-refractivity contribution < 1.29 is 18.7 Å². The van der Waals surface area contributed by atoms with E-state index in [1.165, 1.54) is 26.2 Å². The van der Waals surface area contributed by atoms with E-state index >= 15 is 0 Å². The lowest BCUT2D eigenvalue weighted by molar-refractivity contribution is 0.101. The first-order chi connectivity index (χ1) is 9.49. The highest BCUT2D eigenvalue weighted by molar-refractivity contribution is 6.06. The Hall–Kier alpha value is -2.43. The maximum Gasteiger partial charge on any atom is 0.166 e. The first-order valence-electron chi connectivity index (χ1n) is 6.02. The van der Waals surface area contributed by atoms with E-state index in [1.807, 2.05) is 0 Å². The van der Waals surface area contributed by atoms with Gasteiger partial charge in [0.25, 0.3) is 0 Å². The lowest BCUT2D eigenvalue weighted by Crippen LogP contribution is -1.97. The first-order valence-corrected chi connectivity index (χ1v) is 6.02. The van der Waals surface area contributed by atoms with Gasteiger partial charge in [-0.15, -0.1) is 0 Å². The molecule has 0 aliphatic heterocycles. The zero-order chi connectivity index (χ0) is 14.9. The van der Waals surface area contributed by atoms with Gasteiger partial charge in [0.1, 0.15) is 0 Å². The van der Waals surface area contributed by atoms with E-state index in [-0.39, 0.29) is 17.2 Å². The number of hydrogen-bond donors (Lipinski definition) is 1. The molecule has 5 heteroatoms. The molecular weight excluding hydrogens is 261 g/mol. The average molecular weight is 275 g/mol. The van der Waals surface area contributed by atoms with Gasteiger partial charge in [0, 0.05) is 16.8 Å². The molecule has 0 saturated heterocycles. The van der Waals surface area contributed by atoms with Crippen LogP contribution in [0.4, 0.5) is 4.39 Å². The minimum absolute atomic E-state index is 0.109. The quantitative estimate of drug-likeness (QED) is 0.688. The third-order valence-electron chi connectivity index (χ3n) is 3.13. The number of carbonyl (C=O) groups excluding carboxylic acids is 2. The van der Waals surface area contributed by atoms with Crippen molar-refractivity contribution in [2.45, 2.75) is 13.8 Å². The third-order valence-corrected chi connectivity index (χ3v) is 3.13. The molecule has 20 heavy (non-hydrogen) atoms. The molecule has 0 unspecified atom stereocenters. The van der Waals surface area contributed by atoms with Crippen molar-refractivity contribution in [2.75, 3.05) is 7.11 Å². The highest BCUT2D eigenvalue weighted by atomic mass is 19.1. The van der Waals surface area contributed by atoms with Gasteiger partial charge in [0.2, 0.25) is 0 Å². The minimum atomic E-state index is -0.546. The van der Waals surface area contributed by atoms with Gasteiger partial charge < -0.3 is 9.72 Å². The predicted octanol–water partition coefficient (Wildman–Crippen LogP) is 3.15. The van der Waals surface area contributed by atoms with Gasteiger partial charge in [-0.2, -0.15) is 0 Å². The number of ether oxygens (including phenoxy) is 1. The SMILES string of the molecule is COc1ccc(-c2c(C=O)[nH]c(C)c2C(C)=O)cc1F. The second-order valence-electron chi connectivity index (χ2n) is 4.44.